The molecular weight excluding hydrogens is 423 g/mol. The molecule has 0 saturated heterocycles. The fourth-order valence-electron chi connectivity index (χ4n) is 2.91. The zero-order valence-corrected chi connectivity index (χ0v) is 18.9. The second-order valence-corrected chi connectivity index (χ2v) is 7.13. The van der Waals surface area contributed by atoms with E-state index in [1.807, 2.05) is 13.8 Å². The highest BCUT2D eigenvalue weighted by molar-refractivity contribution is 6.41. The molecule has 1 heterocycles. The number of carbonyl (C=O) groups excluding carboxylic acids is 2. The molecule has 5 nitrogen and oxygen atoms in total. The number of hydrogen-bond acceptors (Lipinski definition) is 3. The Hall–Kier alpha value is -2.50. The summed E-state index contributed by atoms with van der Waals surface area (Å²) in [7, 11) is 0. The molecule has 0 saturated carbocycles. The molecule has 2 N–H and O–H groups in total. The second kappa shape index (κ2) is 11.6. The highest BCUT2D eigenvalue weighted by Crippen LogP contribution is 2.35. The topological polar surface area (TPSA) is 67.4 Å². The molecule has 3 rings (SSSR count). The zero-order valence-electron chi connectivity index (χ0n) is 17.4. The minimum atomic E-state index is -0.462. The first-order chi connectivity index (χ1) is 14.5. The van der Waals surface area contributed by atoms with Crippen molar-refractivity contribution in [3.8, 4) is 0 Å². The smallest absolute Gasteiger partial charge is 0.321 e. The van der Waals surface area contributed by atoms with Crippen LogP contribution >= 0.6 is 23.2 Å². The maximum atomic E-state index is 12.3. The molecule has 0 fully saturated rings. The number of halogens is 2. The molecule has 0 unspecified atom stereocenters. The van der Waals surface area contributed by atoms with E-state index in [1.165, 1.54) is 5.56 Å². The Morgan fingerprint density at radius 1 is 1.03 bits per heavy atom. The van der Waals surface area contributed by atoms with Crippen molar-refractivity contribution in [1.29, 1.82) is 0 Å². The first-order valence-corrected chi connectivity index (χ1v) is 10.7. The fourth-order valence-corrected chi connectivity index (χ4v) is 3.49. The van der Waals surface area contributed by atoms with Crippen molar-refractivity contribution in [2.45, 2.75) is 33.6 Å². The van der Waals surface area contributed by atoms with Crippen molar-refractivity contribution in [3.63, 3.8) is 0 Å². The summed E-state index contributed by atoms with van der Waals surface area (Å²) in [6, 6.07) is 12.7. The molecule has 0 aliphatic carbocycles. The number of aryl methyl sites for hydroxylation is 1. The van der Waals surface area contributed by atoms with Crippen LogP contribution in [0.4, 0.5) is 4.79 Å². The number of carbonyl (C=O) groups is 2. The first-order valence-electron chi connectivity index (χ1n) is 9.97. The number of rotatable bonds is 6. The van der Waals surface area contributed by atoms with E-state index in [0.29, 0.717) is 28.6 Å². The summed E-state index contributed by atoms with van der Waals surface area (Å²) in [6.45, 7) is 6.38. The Labute approximate surface area is 187 Å². The van der Waals surface area contributed by atoms with E-state index in [9.17, 15) is 9.59 Å². The average Bonchev–Trinajstić information content (AvgIpc) is 3.10. The van der Waals surface area contributed by atoms with Gasteiger partial charge in [0.2, 0.25) is 11.7 Å². The molecule has 0 radical (unpaired) electrons. The molecule has 1 aliphatic rings. The van der Waals surface area contributed by atoms with E-state index in [1.54, 1.807) is 18.2 Å². The summed E-state index contributed by atoms with van der Waals surface area (Å²) in [5, 5.41) is 5.98. The number of Topliss-reactive ketones (excluding diaryl/α,β-unsaturated/α-hetero) is 1. The van der Waals surface area contributed by atoms with Crippen molar-refractivity contribution in [2.24, 2.45) is 0 Å². The van der Waals surface area contributed by atoms with Gasteiger partial charge in [-0.15, -0.1) is 0 Å². The normalized spacial score (nSPS) is 12.8. The molecule has 0 bridgehead atoms. The maximum Gasteiger partial charge on any atom is 0.321 e. The predicted molar refractivity (Wildman–Crippen MR) is 122 cm³/mol. The van der Waals surface area contributed by atoms with Crippen molar-refractivity contribution >= 4 is 40.6 Å². The van der Waals surface area contributed by atoms with Gasteiger partial charge in [0.05, 0.1) is 15.6 Å². The van der Waals surface area contributed by atoms with E-state index in [0.717, 1.165) is 12.0 Å². The van der Waals surface area contributed by atoms with Gasteiger partial charge in [-0.25, -0.2) is 4.79 Å². The Kier molecular flexibility index (Phi) is 9.21. The number of amides is 2. The van der Waals surface area contributed by atoms with Gasteiger partial charge < -0.3 is 10.1 Å². The van der Waals surface area contributed by atoms with Crippen LogP contribution < -0.4 is 10.6 Å². The Morgan fingerprint density at radius 2 is 1.63 bits per heavy atom. The lowest BCUT2D eigenvalue weighted by Gasteiger charge is -2.11. The van der Waals surface area contributed by atoms with Gasteiger partial charge in [0.15, 0.2) is 6.61 Å². The Morgan fingerprint density at radius 3 is 2.23 bits per heavy atom. The van der Waals surface area contributed by atoms with Gasteiger partial charge in [-0.2, -0.15) is 0 Å². The highest BCUT2D eigenvalue weighted by atomic mass is 35.5. The van der Waals surface area contributed by atoms with Crippen LogP contribution in [0, 0.1) is 0 Å². The summed E-state index contributed by atoms with van der Waals surface area (Å²) >= 11 is 12.4. The zero-order chi connectivity index (χ0) is 22.1. The SMILES string of the molecule is CC.CCc1ccc(CCNC(=O)NC2=C(c3c(Cl)cccc3Cl)C(=O)CO2)cc1. The van der Waals surface area contributed by atoms with Crippen LogP contribution in [0.25, 0.3) is 5.57 Å². The highest BCUT2D eigenvalue weighted by Gasteiger charge is 2.30. The number of nitrogens with one attached hydrogen (secondary N) is 2. The number of ether oxygens (including phenoxy) is 1. The quantitative estimate of drug-likeness (QED) is 0.621. The van der Waals surface area contributed by atoms with Crippen LogP contribution in [0.5, 0.6) is 0 Å². The third-order valence-corrected chi connectivity index (χ3v) is 5.05. The summed E-state index contributed by atoms with van der Waals surface area (Å²) in [5.41, 5.74) is 2.95. The molecule has 2 aromatic carbocycles. The molecule has 2 amide bonds. The van der Waals surface area contributed by atoms with E-state index >= 15 is 0 Å². The lowest BCUT2D eigenvalue weighted by Crippen LogP contribution is -2.36. The van der Waals surface area contributed by atoms with Gasteiger partial charge in [0.25, 0.3) is 0 Å². The maximum absolute atomic E-state index is 12.3. The van der Waals surface area contributed by atoms with Crippen LogP contribution in [-0.2, 0) is 22.4 Å². The summed E-state index contributed by atoms with van der Waals surface area (Å²) < 4.78 is 5.34. The van der Waals surface area contributed by atoms with Gasteiger partial charge in [-0.1, -0.05) is 74.3 Å². The van der Waals surface area contributed by atoms with E-state index in [2.05, 4.69) is 41.8 Å². The first kappa shape index (κ1) is 23.8. The monoisotopic (exact) mass is 448 g/mol. The van der Waals surface area contributed by atoms with Gasteiger partial charge >= 0.3 is 6.03 Å². The minimum absolute atomic E-state index is 0.0600. The van der Waals surface area contributed by atoms with Gasteiger partial charge in [-0.3, -0.25) is 10.1 Å². The molecule has 30 heavy (non-hydrogen) atoms. The molecule has 1 aliphatic heterocycles. The summed E-state index contributed by atoms with van der Waals surface area (Å²) in [5.74, 6) is -0.230. The lowest BCUT2D eigenvalue weighted by atomic mass is 10.0. The third kappa shape index (κ3) is 6.00. The van der Waals surface area contributed by atoms with E-state index < -0.39 is 6.03 Å². The molecule has 160 valence electrons. The van der Waals surface area contributed by atoms with Crippen LogP contribution in [0.3, 0.4) is 0 Å². The van der Waals surface area contributed by atoms with E-state index in [4.69, 9.17) is 27.9 Å². The van der Waals surface area contributed by atoms with Crippen molar-refractivity contribution in [2.75, 3.05) is 13.2 Å². The van der Waals surface area contributed by atoms with Crippen LogP contribution in [0.2, 0.25) is 10.0 Å². The standard InChI is InChI=1S/C21H20Cl2N2O3.C2H6/c1-2-13-6-8-14(9-7-13)10-11-24-21(27)25-20-19(17(26)12-28-20)18-15(22)4-3-5-16(18)23;1-2/h3-9H,2,10-12H2,1H3,(H2,24,25,27);1-2H3. The molecule has 0 spiro atoms. The summed E-state index contributed by atoms with van der Waals surface area (Å²) in [4.78, 5) is 24.5. The lowest BCUT2D eigenvalue weighted by molar-refractivity contribution is -0.115. The minimum Gasteiger partial charge on any atom is -0.470 e. The van der Waals surface area contributed by atoms with Crippen LogP contribution in [-0.4, -0.2) is 25.0 Å². The molecule has 2 aromatic rings. The Bertz CT molecular complexity index is 904. The molecule has 0 aromatic heterocycles. The van der Waals surface area contributed by atoms with Gasteiger partial charge in [-0.05, 0) is 36.1 Å². The number of urea groups is 1. The molecule has 7 heteroatoms. The fraction of sp³-hybridized carbons (Fsp3) is 0.304. The number of benzene rings is 2. The largest absolute Gasteiger partial charge is 0.470 e. The number of ketones is 1. The predicted octanol–water partition coefficient (Wildman–Crippen LogP) is 5.39. The van der Waals surface area contributed by atoms with Gasteiger partial charge in [0, 0.05) is 12.1 Å². The third-order valence-electron chi connectivity index (χ3n) is 4.42. The summed E-state index contributed by atoms with van der Waals surface area (Å²) in [6.07, 6.45) is 1.69. The molecule has 0 atom stereocenters. The van der Waals surface area contributed by atoms with Crippen molar-refractivity contribution in [1.82, 2.24) is 10.6 Å². The van der Waals surface area contributed by atoms with Crippen molar-refractivity contribution < 1.29 is 14.3 Å². The van der Waals surface area contributed by atoms with Crippen molar-refractivity contribution in [3.05, 3.63) is 75.1 Å². The Balaban J connectivity index is 0.00000155. The van der Waals surface area contributed by atoms with Crippen LogP contribution in [0.1, 0.15) is 37.5 Å². The van der Waals surface area contributed by atoms with Gasteiger partial charge in [0.1, 0.15) is 0 Å². The van der Waals surface area contributed by atoms with Crippen LogP contribution in [0.15, 0.2) is 48.3 Å². The second-order valence-electron chi connectivity index (χ2n) is 6.31. The van der Waals surface area contributed by atoms with E-state index in [-0.39, 0.29) is 23.8 Å². The number of hydrogen-bond donors (Lipinski definition) is 2. The average molecular weight is 449 g/mol. The molecular formula is C23H26Cl2N2O3.